The second-order valence-corrected chi connectivity index (χ2v) is 6.57. The van der Waals surface area contributed by atoms with Gasteiger partial charge in [-0.25, -0.2) is 0 Å². The predicted molar refractivity (Wildman–Crippen MR) is 103 cm³/mol. The summed E-state index contributed by atoms with van der Waals surface area (Å²) in [6.07, 6.45) is 0. The molecular formula is C21H22O2S. The van der Waals surface area contributed by atoms with Crippen molar-refractivity contribution in [2.24, 2.45) is 0 Å². The standard InChI is InChI=1S/C21H22O2S/c1-3-23-14-15-24-21-13-12-18(19-6-4-5-7-20(19)21)16-8-10-17(22-2)11-9-16/h4-13H,3,14-15H2,1-2H3. The molecule has 24 heavy (non-hydrogen) atoms. The Morgan fingerprint density at radius 1 is 0.875 bits per heavy atom. The van der Waals surface area contributed by atoms with E-state index in [1.54, 1.807) is 7.11 Å². The van der Waals surface area contributed by atoms with E-state index in [9.17, 15) is 0 Å². The zero-order chi connectivity index (χ0) is 16.8. The first kappa shape index (κ1) is 16.9. The van der Waals surface area contributed by atoms with E-state index in [-0.39, 0.29) is 0 Å². The quantitative estimate of drug-likeness (QED) is 0.410. The van der Waals surface area contributed by atoms with Crippen molar-refractivity contribution in [2.75, 3.05) is 26.1 Å². The molecule has 124 valence electrons. The zero-order valence-electron chi connectivity index (χ0n) is 14.1. The van der Waals surface area contributed by atoms with E-state index < -0.39 is 0 Å². The van der Waals surface area contributed by atoms with Gasteiger partial charge in [0.05, 0.1) is 13.7 Å². The Balaban J connectivity index is 1.95. The first-order chi connectivity index (χ1) is 11.8. The minimum absolute atomic E-state index is 0.776. The van der Waals surface area contributed by atoms with Crippen LogP contribution in [0.25, 0.3) is 21.9 Å². The smallest absolute Gasteiger partial charge is 0.118 e. The zero-order valence-corrected chi connectivity index (χ0v) is 14.9. The van der Waals surface area contributed by atoms with Gasteiger partial charge in [-0.2, -0.15) is 0 Å². The van der Waals surface area contributed by atoms with Crippen molar-refractivity contribution < 1.29 is 9.47 Å². The molecule has 0 bridgehead atoms. The fraction of sp³-hybridized carbons (Fsp3) is 0.238. The van der Waals surface area contributed by atoms with Gasteiger partial charge in [0.25, 0.3) is 0 Å². The van der Waals surface area contributed by atoms with Gasteiger partial charge in [-0.1, -0.05) is 42.5 Å². The van der Waals surface area contributed by atoms with Crippen LogP contribution in [0.15, 0.2) is 65.6 Å². The van der Waals surface area contributed by atoms with Gasteiger partial charge >= 0.3 is 0 Å². The molecule has 0 aromatic heterocycles. The first-order valence-corrected chi connectivity index (χ1v) is 9.18. The summed E-state index contributed by atoms with van der Waals surface area (Å²) in [6, 6.07) is 21.3. The Hall–Kier alpha value is -1.97. The first-order valence-electron chi connectivity index (χ1n) is 8.20. The summed E-state index contributed by atoms with van der Waals surface area (Å²) in [5, 5.41) is 2.58. The normalized spacial score (nSPS) is 10.9. The Morgan fingerprint density at radius 3 is 2.33 bits per heavy atom. The Labute approximate surface area is 147 Å². The molecule has 0 fully saturated rings. The fourth-order valence-corrected chi connectivity index (χ4v) is 3.69. The lowest BCUT2D eigenvalue weighted by Crippen LogP contribution is -1.96. The highest BCUT2D eigenvalue weighted by molar-refractivity contribution is 7.99. The van der Waals surface area contributed by atoms with E-state index >= 15 is 0 Å². The monoisotopic (exact) mass is 338 g/mol. The molecule has 0 spiro atoms. The maximum absolute atomic E-state index is 5.45. The number of ether oxygens (including phenoxy) is 2. The van der Waals surface area contributed by atoms with Gasteiger partial charge in [0.15, 0.2) is 0 Å². The molecular weight excluding hydrogens is 316 g/mol. The van der Waals surface area contributed by atoms with E-state index in [1.807, 2.05) is 30.8 Å². The minimum Gasteiger partial charge on any atom is -0.497 e. The number of hydrogen-bond acceptors (Lipinski definition) is 3. The molecule has 0 atom stereocenters. The van der Waals surface area contributed by atoms with Crippen LogP contribution in [0.3, 0.4) is 0 Å². The predicted octanol–water partition coefficient (Wildman–Crippen LogP) is 5.64. The number of thioether (sulfide) groups is 1. The lowest BCUT2D eigenvalue weighted by atomic mass is 9.98. The van der Waals surface area contributed by atoms with Crippen molar-refractivity contribution in [3.8, 4) is 16.9 Å². The van der Waals surface area contributed by atoms with Crippen molar-refractivity contribution in [1.29, 1.82) is 0 Å². The van der Waals surface area contributed by atoms with E-state index in [0.717, 1.165) is 24.7 Å². The lowest BCUT2D eigenvalue weighted by Gasteiger charge is -2.12. The molecule has 0 radical (unpaired) electrons. The molecule has 3 rings (SSSR count). The molecule has 0 heterocycles. The summed E-state index contributed by atoms with van der Waals surface area (Å²) in [5.74, 6) is 1.85. The highest BCUT2D eigenvalue weighted by Crippen LogP contribution is 2.35. The van der Waals surface area contributed by atoms with Crippen LogP contribution in [-0.2, 0) is 4.74 Å². The van der Waals surface area contributed by atoms with Crippen molar-refractivity contribution in [3.05, 3.63) is 60.7 Å². The Bertz CT molecular complexity index is 797. The Morgan fingerprint density at radius 2 is 1.62 bits per heavy atom. The molecule has 3 aromatic carbocycles. The van der Waals surface area contributed by atoms with Gasteiger partial charge in [0, 0.05) is 17.3 Å². The van der Waals surface area contributed by atoms with Crippen LogP contribution in [0.5, 0.6) is 5.75 Å². The second-order valence-electron chi connectivity index (χ2n) is 5.43. The number of benzene rings is 3. The summed E-state index contributed by atoms with van der Waals surface area (Å²) in [5.41, 5.74) is 2.46. The summed E-state index contributed by atoms with van der Waals surface area (Å²) in [7, 11) is 1.69. The van der Waals surface area contributed by atoms with Crippen molar-refractivity contribution in [1.82, 2.24) is 0 Å². The van der Waals surface area contributed by atoms with Crippen LogP contribution >= 0.6 is 11.8 Å². The average Bonchev–Trinajstić information content (AvgIpc) is 2.65. The molecule has 2 nitrogen and oxygen atoms in total. The molecule has 3 aromatic rings. The maximum atomic E-state index is 5.45. The van der Waals surface area contributed by atoms with Gasteiger partial charge < -0.3 is 9.47 Å². The van der Waals surface area contributed by atoms with Crippen LogP contribution in [0.4, 0.5) is 0 Å². The van der Waals surface area contributed by atoms with E-state index in [0.29, 0.717) is 0 Å². The van der Waals surface area contributed by atoms with Gasteiger partial charge in [0.2, 0.25) is 0 Å². The number of methoxy groups -OCH3 is 1. The van der Waals surface area contributed by atoms with Crippen LogP contribution in [0.2, 0.25) is 0 Å². The molecule has 3 heteroatoms. The summed E-state index contributed by atoms with van der Waals surface area (Å²) in [4.78, 5) is 1.31. The molecule has 0 aliphatic heterocycles. The highest BCUT2D eigenvalue weighted by atomic mass is 32.2. The highest BCUT2D eigenvalue weighted by Gasteiger charge is 2.08. The molecule has 0 unspecified atom stereocenters. The SMILES string of the molecule is CCOCCSc1ccc(-c2ccc(OC)cc2)c2ccccc12. The minimum atomic E-state index is 0.776. The van der Waals surface area contributed by atoms with Gasteiger partial charge in [-0.3, -0.25) is 0 Å². The average molecular weight is 338 g/mol. The molecule has 0 N–H and O–H groups in total. The van der Waals surface area contributed by atoms with Gasteiger partial charge in [0.1, 0.15) is 5.75 Å². The van der Waals surface area contributed by atoms with Crippen molar-refractivity contribution in [3.63, 3.8) is 0 Å². The largest absolute Gasteiger partial charge is 0.497 e. The number of fused-ring (bicyclic) bond motifs is 1. The summed E-state index contributed by atoms with van der Waals surface area (Å²) < 4.78 is 10.7. The topological polar surface area (TPSA) is 18.5 Å². The third kappa shape index (κ3) is 3.74. The number of rotatable bonds is 7. The second kappa shape index (κ2) is 8.22. The van der Waals surface area contributed by atoms with Crippen LogP contribution in [0.1, 0.15) is 6.92 Å². The van der Waals surface area contributed by atoms with Gasteiger partial charge in [-0.15, -0.1) is 11.8 Å². The molecule has 0 aliphatic rings. The molecule has 0 saturated heterocycles. The van der Waals surface area contributed by atoms with E-state index in [4.69, 9.17) is 9.47 Å². The van der Waals surface area contributed by atoms with E-state index in [2.05, 4.69) is 48.5 Å². The third-order valence-electron chi connectivity index (χ3n) is 3.97. The van der Waals surface area contributed by atoms with Crippen molar-refractivity contribution >= 4 is 22.5 Å². The molecule has 0 amide bonds. The van der Waals surface area contributed by atoms with E-state index in [1.165, 1.54) is 26.8 Å². The maximum Gasteiger partial charge on any atom is 0.118 e. The van der Waals surface area contributed by atoms with Gasteiger partial charge in [-0.05, 0) is 47.0 Å². The molecule has 0 saturated carbocycles. The summed E-state index contributed by atoms with van der Waals surface area (Å²) >= 11 is 1.85. The fourth-order valence-electron chi connectivity index (χ4n) is 2.77. The van der Waals surface area contributed by atoms with Crippen molar-refractivity contribution in [2.45, 2.75) is 11.8 Å². The Kier molecular flexibility index (Phi) is 5.78. The van der Waals surface area contributed by atoms with Crippen LogP contribution in [-0.4, -0.2) is 26.1 Å². The summed E-state index contributed by atoms with van der Waals surface area (Å²) in [6.45, 7) is 3.59. The molecule has 0 aliphatic carbocycles. The lowest BCUT2D eigenvalue weighted by molar-refractivity contribution is 0.164. The van der Waals surface area contributed by atoms with Crippen LogP contribution < -0.4 is 4.74 Å². The number of hydrogen-bond donors (Lipinski definition) is 0. The van der Waals surface area contributed by atoms with Crippen LogP contribution in [0, 0.1) is 0 Å². The third-order valence-corrected chi connectivity index (χ3v) is 5.01.